The van der Waals surface area contributed by atoms with Crippen molar-refractivity contribution < 1.29 is 14.5 Å². The molecule has 0 aliphatic carbocycles. The van der Waals surface area contributed by atoms with Crippen molar-refractivity contribution in [2.75, 3.05) is 13.7 Å². The molecule has 6 nitrogen and oxygen atoms in total. The Morgan fingerprint density at radius 3 is 2.65 bits per heavy atom. The summed E-state index contributed by atoms with van der Waals surface area (Å²) in [5.41, 5.74) is -0.139. The summed E-state index contributed by atoms with van der Waals surface area (Å²) in [5, 5.41) is 10.7. The largest absolute Gasteiger partial charge is 0.482 e. The third kappa shape index (κ3) is 4.82. The Kier molecular flexibility index (Phi) is 5.81. The van der Waals surface area contributed by atoms with Crippen molar-refractivity contribution >= 4 is 46.1 Å². The quantitative estimate of drug-likeness (QED) is 0.565. The average Bonchev–Trinajstić information content (AvgIpc) is 2.90. The molecule has 2 rings (SSSR count). The molecule has 1 aromatic heterocycles. The van der Waals surface area contributed by atoms with Crippen LogP contribution in [0.1, 0.15) is 4.88 Å². The van der Waals surface area contributed by atoms with Gasteiger partial charge in [0.05, 0.1) is 20.8 Å². The van der Waals surface area contributed by atoms with Gasteiger partial charge in [-0.25, -0.2) is 0 Å². The lowest BCUT2D eigenvalue weighted by atomic mass is 10.3. The van der Waals surface area contributed by atoms with Crippen LogP contribution in [0.15, 0.2) is 30.3 Å². The number of amides is 1. The predicted molar refractivity (Wildman–Crippen MR) is 89.4 cm³/mol. The number of carbonyl (C=O) groups excluding carboxylic acids is 1. The van der Waals surface area contributed by atoms with Gasteiger partial charge in [-0.15, -0.1) is 11.3 Å². The van der Waals surface area contributed by atoms with Gasteiger partial charge in [0.25, 0.3) is 11.6 Å². The minimum Gasteiger partial charge on any atom is -0.482 e. The fourth-order valence-electron chi connectivity index (χ4n) is 1.73. The average molecular weight is 375 g/mol. The molecule has 0 aliphatic rings. The highest BCUT2D eigenvalue weighted by molar-refractivity contribution is 7.16. The van der Waals surface area contributed by atoms with Gasteiger partial charge in [-0.3, -0.25) is 14.9 Å². The van der Waals surface area contributed by atoms with E-state index in [2.05, 4.69) is 0 Å². The van der Waals surface area contributed by atoms with Crippen molar-refractivity contribution in [2.45, 2.75) is 6.54 Å². The van der Waals surface area contributed by atoms with Gasteiger partial charge in [-0.05, 0) is 18.2 Å². The molecule has 0 aliphatic heterocycles. The van der Waals surface area contributed by atoms with Gasteiger partial charge in [0.2, 0.25) is 0 Å². The summed E-state index contributed by atoms with van der Waals surface area (Å²) < 4.78 is 5.99. The molecular formula is C14H12Cl2N2O4S. The number of hydrogen-bond acceptors (Lipinski definition) is 5. The van der Waals surface area contributed by atoms with Gasteiger partial charge >= 0.3 is 0 Å². The first-order valence-electron chi connectivity index (χ1n) is 6.41. The van der Waals surface area contributed by atoms with E-state index in [1.807, 2.05) is 6.07 Å². The standard InChI is InChI=1S/C14H12Cl2N2O4S/c1-17(7-10-3-5-13(16)23-10)14(19)8-22-12-4-2-9(18(20)21)6-11(12)15/h2-6H,7-8H2,1H3. The van der Waals surface area contributed by atoms with E-state index in [9.17, 15) is 14.9 Å². The van der Waals surface area contributed by atoms with Crippen molar-refractivity contribution in [1.29, 1.82) is 0 Å². The van der Waals surface area contributed by atoms with Gasteiger partial charge in [0.1, 0.15) is 5.75 Å². The lowest BCUT2D eigenvalue weighted by Crippen LogP contribution is -2.30. The Morgan fingerprint density at radius 2 is 2.09 bits per heavy atom. The molecule has 0 radical (unpaired) electrons. The van der Waals surface area contributed by atoms with Crippen molar-refractivity contribution in [3.8, 4) is 5.75 Å². The third-order valence-corrected chi connectivity index (χ3v) is 4.44. The molecule has 23 heavy (non-hydrogen) atoms. The number of nitrogens with zero attached hydrogens (tertiary/aromatic N) is 2. The van der Waals surface area contributed by atoms with Crippen LogP contribution in [-0.2, 0) is 11.3 Å². The van der Waals surface area contributed by atoms with E-state index in [4.69, 9.17) is 27.9 Å². The number of rotatable bonds is 6. The third-order valence-electron chi connectivity index (χ3n) is 2.93. The van der Waals surface area contributed by atoms with Gasteiger partial charge in [0, 0.05) is 24.1 Å². The van der Waals surface area contributed by atoms with E-state index < -0.39 is 4.92 Å². The number of halogens is 2. The molecule has 2 aromatic rings. The zero-order valence-electron chi connectivity index (χ0n) is 12.0. The molecule has 0 atom stereocenters. The van der Waals surface area contributed by atoms with Crippen LogP contribution < -0.4 is 4.74 Å². The second-order valence-electron chi connectivity index (χ2n) is 4.62. The number of thiophene rings is 1. The Labute approximate surface area is 146 Å². The highest BCUT2D eigenvalue weighted by atomic mass is 35.5. The maximum atomic E-state index is 12.0. The number of hydrogen-bond donors (Lipinski definition) is 0. The zero-order valence-corrected chi connectivity index (χ0v) is 14.3. The SMILES string of the molecule is CN(Cc1ccc(Cl)s1)C(=O)COc1ccc([N+](=O)[O-])cc1Cl. The monoisotopic (exact) mass is 374 g/mol. The van der Waals surface area contributed by atoms with Crippen molar-refractivity contribution in [1.82, 2.24) is 4.90 Å². The van der Waals surface area contributed by atoms with Gasteiger partial charge in [-0.2, -0.15) is 0 Å². The maximum absolute atomic E-state index is 12.0. The highest BCUT2D eigenvalue weighted by Gasteiger charge is 2.14. The molecule has 122 valence electrons. The van der Waals surface area contributed by atoms with E-state index in [0.29, 0.717) is 10.9 Å². The Balaban J connectivity index is 1.92. The fraction of sp³-hybridized carbons (Fsp3) is 0.214. The number of nitro benzene ring substituents is 1. The Morgan fingerprint density at radius 1 is 1.35 bits per heavy atom. The number of ether oxygens (including phenoxy) is 1. The van der Waals surface area contributed by atoms with Crippen molar-refractivity contribution in [2.24, 2.45) is 0 Å². The van der Waals surface area contributed by atoms with E-state index >= 15 is 0 Å². The van der Waals surface area contributed by atoms with Crippen LogP contribution in [0.2, 0.25) is 9.36 Å². The molecule has 0 fully saturated rings. The van der Waals surface area contributed by atoms with Crippen LogP contribution in [0.4, 0.5) is 5.69 Å². The number of carbonyl (C=O) groups is 1. The lowest BCUT2D eigenvalue weighted by molar-refractivity contribution is -0.384. The lowest BCUT2D eigenvalue weighted by Gasteiger charge is -2.16. The van der Waals surface area contributed by atoms with E-state index in [-0.39, 0.29) is 29.0 Å². The second kappa shape index (κ2) is 7.63. The summed E-state index contributed by atoms with van der Waals surface area (Å²) >= 11 is 13.1. The topological polar surface area (TPSA) is 72.7 Å². The molecule has 0 spiro atoms. The maximum Gasteiger partial charge on any atom is 0.271 e. The van der Waals surface area contributed by atoms with Gasteiger partial charge < -0.3 is 9.64 Å². The van der Waals surface area contributed by atoms with Gasteiger partial charge in [-0.1, -0.05) is 23.2 Å². The molecular weight excluding hydrogens is 363 g/mol. The summed E-state index contributed by atoms with van der Waals surface area (Å²) in [5.74, 6) is -0.0258. The molecule has 0 N–H and O–H groups in total. The van der Waals surface area contributed by atoms with Crippen LogP contribution in [-0.4, -0.2) is 29.4 Å². The van der Waals surface area contributed by atoms with Crippen LogP contribution in [0.25, 0.3) is 0 Å². The molecule has 0 saturated carbocycles. The summed E-state index contributed by atoms with van der Waals surface area (Å²) in [6.45, 7) is 0.209. The number of benzene rings is 1. The Bertz CT molecular complexity index is 735. The van der Waals surface area contributed by atoms with E-state index in [0.717, 1.165) is 4.88 Å². The first-order chi connectivity index (χ1) is 10.9. The second-order valence-corrected chi connectivity index (χ2v) is 6.82. The number of non-ortho nitro benzene ring substituents is 1. The molecule has 1 amide bonds. The zero-order chi connectivity index (χ0) is 17.0. The smallest absolute Gasteiger partial charge is 0.271 e. The molecule has 9 heteroatoms. The van der Waals surface area contributed by atoms with Crippen LogP contribution in [0.3, 0.4) is 0 Å². The van der Waals surface area contributed by atoms with Crippen molar-refractivity contribution in [3.63, 3.8) is 0 Å². The molecule has 0 bridgehead atoms. The minimum atomic E-state index is -0.555. The minimum absolute atomic E-state index is 0.0830. The normalized spacial score (nSPS) is 10.4. The number of nitro groups is 1. The highest BCUT2D eigenvalue weighted by Crippen LogP contribution is 2.28. The number of likely N-dealkylation sites (N-methyl/N-ethyl adjacent to an activating group) is 1. The molecule has 1 aromatic carbocycles. The summed E-state index contributed by atoms with van der Waals surface area (Å²) in [4.78, 5) is 24.6. The first-order valence-corrected chi connectivity index (χ1v) is 7.99. The van der Waals surface area contributed by atoms with Crippen LogP contribution in [0, 0.1) is 10.1 Å². The molecule has 1 heterocycles. The molecule has 0 saturated heterocycles. The Hall–Kier alpha value is -1.83. The van der Waals surface area contributed by atoms with Crippen molar-refractivity contribution in [3.05, 3.63) is 54.7 Å². The summed E-state index contributed by atoms with van der Waals surface area (Å²) in [6.07, 6.45) is 0. The van der Waals surface area contributed by atoms with E-state index in [1.165, 1.54) is 34.4 Å². The van der Waals surface area contributed by atoms with E-state index in [1.54, 1.807) is 13.1 Å². The van der Waals surface area contributed by atoms with Gasteiger partial charge in [0.15, 0.2) is 6.61 Å². The van der Waals surface area contributed by atoms with Crippen LogP contribution >= 0.6 is 34.5 Å². The van der Waals surface area contributed by atoms with Crippen LogP contribution in [0.5, 0.6) is 5.75 Å². The molecule has 0 unspecified atom stereocenters. The summed E-state index contributed by atoms with van der Waals surface area (Å²) in [6, 6.07) is 7.44. The summed E-state index contributed by atoms with van der Waals surface area (Å²) in [7, 11) is 1.65. The fourth-order valence-corrected chi connectivity index (χ4v) is 3.10. The predicted octanol–water partition coefficient (Wildman–Crippen LogP) is 4.00. The first kappa shape index (κ1) is 17.5.